The Kier molecular flexibility index (Phi) is 4.03. The van der Waals surface area contributed by atoms with Gasteiger partial charge in [0.15, 0.2) is 12.1 Å². The van der Waals surface area contributed by atoms with Crippen molar-refractivity contribution >= 4 is 0 Å². The maximum absolute atomic E-state index is 6.01. The number of ether oxygens (including phenoxy) is 2. The molecule has 3 rings (SSSR count). The van der Waals surface area contributed by atoms with E-state index in [0.29, 0.717) is 11.8 Å². The summed E-state index contributed by atoms with van der Waals surface area (Å²) in [6, 6.07) is 10.3. The molecule has 1 saturated heterocycles. The Morgan fingerprint density at radius 2 is 1.95 bits per heavy atom. The van der Waals surface area contributed by atoms with E-state index in [-0.39, 0.29) is 12.4 Å². The van der Waals surface area contributed by atoms with Gasteiger partial charge in [0.25, 0.3) is 0 Å². The molecule has 112 valence electrons. The van der Waals surface area contributed by atoms with Gasteiger partial charge in [0.2, 0.25) is 0 Å². The van der Waals surface area contributed by atoms with Crippen LogP contribution >= 0.6 is 0 Å². The molecule has 0 aliphatic carbocycles. The molecule has 4 atom stereocenters. The summed E-state index contributed by atoms with van der Waals surface area (Å²) in [5.41, 5.74) is 1.22. The molecule has 1 aromatic carbocycles. The average Bonchev–Trinajstić information content (AvgIpc) is 3.06. The quantitative estimate of drug-likeness (QED) is 0.867. The van der Waals surface area contributed by atoms with Crippen molar-refractivity contribution in [1.29, 1.82) is 0 Å². The largest absolute Gasteiger partial charge is 0.356 e. The summed E-state index contributed by atoms with van der Waals surface area (Å²) in [4.78, 5) is 0. The number of aromatic nitrogens is 3. The lowest BCUT2D eigenvalue weighted by Gasteiger charge is -2.16. The van der Waals surface area contributed by atoms with Gasteiger partial charge in [-0.1, -0.05) is 44.2 Å². The fourth-order valence-corrected chi connectivity index (χ4v) is 2.87. The lowest BCUT2D eigenvalue weighted by Crippen LogP contribution is -2.17. The van der Waals surface area contributed by atoms with Gasteiger partial charge < -0.3 is 14.0 Å². The third kappa shape index (κ3) is 2.71. The molecule has 0 unspecified atom stereocenters. The van der Waals surface area contributed by atoms with Crippen LogP contribution in [0.2, 0.25) is 0 Å². The standard InChI is InChI=1S/C16H21N3O2/c1-11-12(2)16(20-3)21-14(11)15-18-17-10-19(15)9-13-7-5-4-6-8-13/h4-8,10-12,14,16H,9H2,1-3H3/t11-,12+,14-,16+/m0/s1. The van der Waals surface area contributed by atoms with Crippen molar-refractivity contribution in [1.82, 2.24) is 14.8 Å². The van der Waals surface area contributed by atoms with Crippen LogP contribution < -0.4 is 0 Å². The highest BCUT2D eigenvalue weighted by Crippen LogP contribution is 2.41. The van der Waals surface area contributed by atoms with Crippen LogP contribution in [0.1, 0.15) is 31.3 Å². The van der Waals surface area contributed by atoms with Crippen molar-refractivity contribution in [3.8, 4) is 0 Å². The molecular formula is C16H21N3O2. The predicted molar refractivity (Wildman–Crippen MR) is 78.5 cm³/mol. The first-order chi connectivity index (χ1) is 10.2. The molecule has 0 spiro atoms. The van der Waals surface area contributed by atoms with Crippen molar-refractivity contribution in [3.05, 3.63) is 48.0 Å². The van der Waals surface area contributed by atoms with Gasteiger partial charge in [-0.15, -0.1) is 10.2 Å². The van der Waals surface area contributed by atoms with Gasteiger partial charge >= 0.3 is 0 Å². The van der Waals surface area contributed by atoms with Crippen LogP contribution in [0, 0.1) is 11.8 Å². The van der Waals surface area contributed by atoms with E-state index in [1.807, 2.05) is 18.2 Å². The highest BCUT2D eigenvalue weighted by atomic mass is 16.7. The topological polar surface area (TPSA) is 49.2 Å². The van der Waals surface area contributed by atoms with Crippen LogP contribution in [0.4, 0.5) is 0 Å². The zero-order valence-corrected chi connectivity index (χ0v) is 12.6. The lowest BCUT2D eigenvalue weighted by molar-refractivity contribution is -0.132. The molecule has 5 nitrogen and oxygen atoms in total. The van der Waals surface area contributed by atoms with E-state index in [2.05, 4.69) is 40.7 Å². The molecule has 1 aliphatic heterocycles. The van der Waals surface area contributed by atoms with Gasteiger partial charge in [0.05, 0.1) is 6.54 Å². The van der Waals surface area contributed by atoms with Gasteiger partial charge in [-0.05, 0) is 11.5 Å². The normalized spacial score (nSPS) is 28.9. The Bertz CT molecular complexity index is 584. The van der Waals surface area contributed by atoms with Crippen LogP contribution in [0.15, 0.2) is 36.7 Å². The molecule has 21 heavy (non-hydrogen) atoms. The van der Waals surface area contributed by atoms with Gasteiger partial charge in [-0.25, -0.2) is 0 Å². The van der Waals surface area contributed by atoms with Crippen LogP contribution in [0.3, 0.4) is 0 Å². The van der Waals surface area contributed by atoms with Crippen molar-refractivity contribution in [3.63, 3.8) is 0 Å². The minimum Gasteiger partial charge on any atom is -0.356 e. The van der Waals surface area contributed by atoms with E-state index < -0.39 is 0 Å². The van der Waals surface area contributed by atoms with Crippen LogP contribution in [-0.2, 0) is 16.0 Å². The summed E-state index contributed by atoms with van der Waals surface area (Å²) >= 11 is 0. The Labute approximate surface area is 124 Å². The average molecular weight is 287 g/mol. The van der Waals surface area contributed by atoms with Crippen LogP contribution in [-0.4, -0.2) is 28.2 Å². The van der Waals surface area contributed by atoms with Crippen molar-refractivity contribution in [2.75, 3.05) is 7.11 Å². The second-order valence-corrected chi connectivity index (χ2v) is 5.68. The van der Waals surface area contributed by atoms with Crippen LogP contribution in [0.5, 0.6) is 0 Å². The molecule has 0 N–H and O–H groups in total. The van der Waals surface area contributed by atoms with Crippen molar-refractivity contribution in [2.45, 2.75) is 32.8 Å². The summed E-state index contributed by atoms with van der Waals surface area (Å²) in [5, 5.41) is 8.35. The number of benzene rings is 1. The van der Waals surface area contributed by atoms with E-state index in [0.717, 1.165) is 12.4 Å². The fraction of sp³-hybridized carbons (Fsp3) is 0.500. The van der Waals surface area contributed by atoms with Gasteiger partial charge in [-0.2, -0.15) is 0 Å². The number of hydrogen-bond donors (Lipinski definition) is 0. The zero-order valence-electron chi connectivity index (χ0n) is 12.6. The maximum Gasteiger partial charge on any atom is 0.162 e. The first kappa shape index (κ1) is 14.2. The molecular weight excluding hydrogens is 266 g/mol. The number of hydrogen-bond acceptors (Lipinski definition) is 4. The number of rotatable bonds is 4. The molecule has 2 aromatic rings. The molecule has 5 heteroatoms. The Morgan fingerprint density at radius 3 is 2.62 bits per heavy atom. The summed E-state index contributed by atoms with van der Waals surface area (Å²) in [6.45, 7) is 5.08. The SMILES string of the molecule is CO[C@@H]1O[C@H](c2nncn2Cc2ccccc2)[C@@H](C)[C@H]1C. The molecule has 0 saturated carbocycles. The lowest BCUT2D eigenvalue weighted by atomic mass is 9.93. The fourth-order valence-electron chi connectivity index (χ4n) is 2.87. The molecule has 1 aromatic heterocycles. The maximum atomic E-state index is 6.01. The number of methoxy groups -OCH3 is 1. The monoisotopic (exact) mass is 287 g/mol. The molecule has 0 amide bonds. The summed E-state index contributed by atoms with van der Waals surface area (Å²) in [6.07, 6.45) is 1.52. The zero-order chi connectivity index (χ0) is 14.8. The Balaban J connectivity index is 1.83. The summed E-state index contributed by atoms with van der Waals surface area (Å²) in [5.74, 6) is 1.55. The third-order valence-corrected chi connectivity index (χ3v) is 4.34. The third-order valence-electron chi connectivity index (χ3n) is 4.34. The Morgan fingerprint density at radius 1 is 1.19 bits per heavy atom. The van der Waals surface area contributed by atoms with E-state index in [1.165, 1.54) is 5.56 Å². The van der Waals surface area contributed by atoms with E-state index >= 15 is 0 Å². The first-order valence-corrected chi connectivity index (χ1v) is 7.30. The number of nitrogens with zero attached hydrogens (tertiary/aromatic N) is 3. The first-order valence-electron chi connectivity index (χ1n) is 7.30. The molecule has 1 fully saturated rings. The highest BCUT2D eigenvalue weighted by molar-refractivity contribution is 5.16. The summed E-state index contributed by atoms with van der Waals surface area (Å²) in [7, 11) is 1.69. The van der Waals surface area contributed by atoms with E-state index in [4.69, 9.17) is 9.47 Å². The highest BCUT2D eigenvalue weighted by Gasteiger charge is 2.42. The van der Waals surface area contributed by atoms with Crippen molar-refractivity contribution < 1.29 is 9.47 Å². The molecule has 2 heterocycles. The second-order valence-electron chi connectivity index (χ2n) is 5.68. The Hall–Kier alpha value is -1.72. The van der Waals surface area contributed by atoms with Crippen molar-refractivity contribution in [2.24, 2.45) is 11.8 Å². The van der Waals surface area contributed by atoms with Gasteiger partial charge in [0, 0.05) is 13.0 Å². The predicted octanol–water partition coefficient (Wildman–Crippen LogP) is 2.64. The van der Waals surface area contributed by atoms with E-state index in [9.17, 15) is 0 Å². The van der Waals surface area contributed by atoms with E-state index in [1.54, 1.807) is 13.4 Å². The van der Waals surface area contributed by atoms with Gasteiger partial charge in [0.1, 0.15) is 12.4 Å². The second kappa shape index (κ2) is 5.95. The van der Waals surface area contributed by atoms with Crippen LogP contribution in [0.25, 0.3) is 0 Å². The molecule has 0 radical (unpaired) electrons. The van der Waals surface area contributed by atoms with Gasteiger partial charge in [-0.3, -0.25) is 0 Å². The smallest absolute Gasteiger partial charge is 0.162 e. The minimum absolute atomic E-state index is 0.0730. The summed E-state index contributed by atoms with van der Waals surface area (Å²) < 4.78 is 13.5. The molecule has 1 aliphatic rings. The molecule has 0 bridgehead atoms. The minimum atomic E-state index is -0.174.